The van der Waals surface area contributed by atoms with Crippen LogP contribution in [0.15, 0.2) is 36.7 Å². The number of halogens is 1. The Balaban J connectivity index is 1.37. The summed E-state index contributed by atoms with van der Waals surface area (Å²) in [4.78, 5) is 25.9. The van der Waals surface area contributed by atoms with Crippen molar-refractivity contribution in [1.82, 2.24) is 19.9 Å². The Morgan fingerprint density at radius 2 is 2.03 bits per heavy atom. The van der Waals surface area contributed by atoms with Gasteiger partial charge in [-0.05, 0) is 61.9 Å². The molecule has 0 radical (unpaired) electrons. The highest BCUT2D eigenvalue weighted by Crippen LogP contribution is 2.36. The van der Waals surface area contributed by atoms with Crippen LogP contribution in [0.1, 0.15) is 37.8 Å². The monoisotopic (exact) mass is 450 g/mol. The number of fused-ring (bicyclic) bond motifs is 1. The SMILES string of the molecule is COc1ccc(F)cc1-c1ncnc2[nH]c(C3=CCN(C4CCC(C(=O)O)CC4)CC3)cc12. The summed E-state index contributed by atoms with van der Waals surface area (Å²) in [6.45, 7) is 1.79. The molecule has 0 saturated heterocycles. The van der Waals surface area contributed by atoms with Crippen molar-refractivity contribution in [3.05, 3.63) is 48.2 Å². The fraction of sp³-hybridized carbons (Fsp3) is 0.400. The number of ether oxygens (including phenoxy) is 1. The molecule has 0 amide bonds. The van der Waals surface area contributed by atoms with Crippen molar-refractivity contribution in [3.63, 3.8) is 0 Å². The summed E-state index contributed by atoms with van der Waals surface area (Å²) in [5.41, 5.74) is 4.15. The van der Waals surface area contributed by atoms with E-state index >= 15 is 0 Å². The number of rotatable bonds is 5. The summed E-state index contributed by atoms with van der Waals surface area (Å²) < 4.78 is 19.4. The van der Waals surface area contributed by atoms with Gasteiger partial charge in [-0.1, -0.05) is 6.08 Å². The van der Waals surface area contributed by atoms with Gasteiger partial charge in [-0.3, -0.25) is 9.69 Å². The van der Waals surface area contributed by atoms with E-state index < -0.39 is 5.97 Å². The van der Waals surface area contributed by atoms with Gasteiger partial charge < -0.3 is 14.8 Å². The predicted molar refractivity (Wildman–Crippen MR) is 123 cm³/mol. The lowest BCUT2D eigenvalue weighted by atomic mass is 9.85. The van der Waals surface area contributed by atoms with Crippen LogP contribution in [-0.4, -0.2) is 57.2 Å². The van der Waals surface area contributed by atoms with Gasteiger partial charge in [0.2, 0.25) is 0 Å². The van der Waals surface area contributed by atoms with Gasteiger partial charge in [-0.2, -0.15) is 0 Å². The first-order chi connectivity index (χ1) is 16.0. The molecule has 0 bridgehead atoms. The highest BCUT2D eigenvalue weighted by atomic mass is 19.1. The molecule has 0 atom stereocenters. The van der Waals surface area contributed by atoms with Crippen LogP contribution in [0.5, 0.6) is 5.75 Å². The average Bonchev–Trinajstić information content (AvgIpc) is 3.29. The molecule has 1 saturated carbocycles. The lowest BCUT2D eigenvalue weighted by Crippen LogP contribution is -2.41. The van der Waals surface area contributed by atoms with E-state index in [4.69, 9.17) is 4.74 Å². The number of aliphatic carboxylic acids is 1. The second kappa shape index (κ2) is 8.94. The maximum atomic E-state index is 14.0. The topological polar surface area (TPSA) is 91.3 Å². The third kappa shape index (κ3) is 4.23. The summed E-state index contributed by atoms with van der Waals surface area (Å²) in [5, 5.41) is 10.1. The zero-order valence-electron chi connectivity index (χ0n) is 18.6. The Labute approximate surface area is 191 Å². The molecule has 2 aliphatic rings. The minimum atomic E-state index is -0.661. The van der Waals surface area contributed by atoms with Crippen molar-refractivity contribution in [2.75, 3.05) is 20.2 Å². The number of carboxylic acid groups (broad SMARTS) is 1. The molecule has 7 nitrogen and oxygen atoms in total. The predicted octanol–water partition coefficient (Wildman–Crippen LogP) is 4.51. The van der Waals surface area contributed by atoms with Crippen molar-refractivity contribution < 1.29 is 19.0 Å². The van der Waals surface area contributed by atoms with Crippen LogP contribution in [0, 0.1) is 11.7 Å². The maximum Gasteiger partial charge on any atom is 0.306 e. The van der Waals surface area contributed by atoms with Crippen molar-refractivity contribution in [2.45, 2.75) is 38.1 Å². The van der Waals surface area contributed by atoms with Gasteiger partial charge in [0.05, 0.1) is 18.7 Å². The molecular formula is C25H27FN4O3. The largest absolute Gasteiger partial charge is 0.496 e. The fourth-order valence-corrected chi connectivity index (χ4v) is 5.14. The molecule has 172 valence electrons. The lowest BCUT2D eigenvalue weighted by Gasteiger charge is -2.37. The van der Waals surface area contributed by atoms with E-state index in [1.54, 1.807) is 13.2 Å². The van der Waals surface area contributed by atoms with Crippen molar-refractivity contribution in [3.8, 4) is 17.0 Å². The molecule has 0 spiro atoms. The minimum absolute atomic E-state index is 0.185. The average molecular weight is 451 g/mol. The molecule has 3 aromatic rings. The summed E-state index contributed by atoms with van der Waals surface area (Å²) in [6, 6.07) is 6.90. The third-order valence-corrected chi connectivity index (χ3v) is 6.99. The van der Waals surface area contributed by atoms with Gasteiger partial charge >= 0.3 is 5.97 Å². The van der Waals surface area contributed by atoms with Crippen LogP contribution in [0.2, 0.25) is 0 Å². The van der Waals surface area contributed by atoms with E-state index in [1.807, 2.05) is 6.07 Å². The number of H-pyrrole nitrogens is 1. The van der Waals surface area contributed by atoms with E-state index in [2.05, 4.69) is 25.9 Å². The van der Waals surface area contributed by atoms with Crippen LogP contribution in [0.25, 0.3) is 27.9 Å². The number of nitrogens with zero attached hydrogens (tertiary/aromatic N) is 3. The molecule has 5 rings (SSSR count). The first-order valence-corrected chi connectivity index (χ1v) is 11.4. The first kappa shape index (κ1) is 21.6. The molecule has 1 aromatic carbocycles. The molecule has 1 aliphatic carbocycles. The normalized spacial score (nSPS) is 21.7. The van der Waals surface area contributed by atoms with Crippen molar-refractivity contribution in [1.29, 1.82) is 0 Å². The van der Waals surface area contributed by atoms with E-state index in [1.165, 1.54) is 24.0 Å². The minimum Gasteiger partial charge on any atom is -0.496 e. The Morgan fingerprint density at radius 1 is 1.21 bits per heavy atom. The molecule has 8 heteroatoms. The van der Waals surface area contributed by atoms with Gasteiger partial charge in [0.15, 0.2) is 0 Å². The third-order valence-electron chi connectivity index (χ3n) is 6.99. The van der Waals surface area contributed by atoms with Gasteiger partial charge in [0.25, 0.3) is 0 Å². The highest BCUT2D eigenvalue weighted by molar-refractivity contribution is 5.94. The van der Waals surface area contributed by atoms with E-state index in [-0.39, 0.29) is 11.7 Å². The summed E-state index contributed by atoms with van der Waals surface area (Å²) >= 11 is 0. The molecule has 1 fully saturated rings. The first-order valence-electron chi connectivity index (χ1n) is 11.4. The fourth-order valence-electron chi connectivity index (χ4n) is 5.14. The molecule has 2 N–H and O–H groups in total. The Morgan fingerprint density at radius 3 is 2.73 bits per heavy atom. The molecule has 3 heterocycles. The molecule has 0 unspecified atom stereocenters. The number of hydrogen-bond donors (Lipinski definition) is 2. The molecule has 33 heavy (non-hydrogen) atoms. The van der Waals surface area contributed by atoms with Gasteiger partial charge in [0.1, 0.15) is 23.5 Å². The highest BCUT2D eigenvalue weighted by Gasteiger charge is 2.30. The van der Waals surface area contributed by atoms with Gasteiger partial charge in [-0.15, -0.1) is 0 Å². The number of benzene rings is 1. The number of methoxy groups -OCH3 is 1. The number of nitrogens with one attached hydrogen (secondary N) is 1. The summed E-state index contributed by atoms with van der Waals surface area (Å²) in [7, 11) is 1.56. The standard InChI is InChI=1S/C25H27FN4O3/c1-33-22-7-4-17(26)12-19(22)23-20-13-21(29-24(20)28-14-27-23)15-8-10-30(11-9-15)18-5-2-16(3-6-18)25(31)32/h4,7-8,12-14,16,18H,2-3,5-6,9-11H2,1H3,(H,31,32)(H,27,28,29). The zero-order valence-corrected chi connectivity index (χ0v) is 18.6. The van der Waals surface area contributed by atoms with E-state index in [9.17, 15) is 14.3 Å². The number of aromatic amines is 1. The van der Waals surface area contributed by atoms with Crippen LogP contribution < -0.4 is 4.74 Å². The van der Waals surface area contributed by atoms with Crippen molar-refractivity contribution >= 4 is 22.6 Å². The number of carboxylic acids is 1. The summed E-state index contributed by atoms with van der Waals surface area (Å²) in [6.07, 6.45) is 8.04. The Bertz CT molecular complexity index is 1210. The van der Waals surface area contributed by atoms with Gasteiger partial charge in [0, 0.05) is 35.8 Å². The summed E-state index contributed by atoms with van der Waals surface area (Å²) in [5.74, 6) is -0.632. The van der Waals surface area contributed by atoms with Crippen LogP contribution >= 0.6 is 0 Å². The number of hydrogen-bond acceptors (Lipinski definition) is 5. The molecular weight excluding hydrogens is 423 g/mol. The smallest absolute Gasteiger partial charge is 0.306 e. The van der Waals surface area contributed by atoms with Crippen LogP contribution in [0.3, 0.4) is 0 Å². The lowest BCUT2D eigenvalue weighted by molar-refractivity contribution is -0.143. The van der Waals surface area contributed by atoms with Crippen LogP contribution in [-0.2, 0) is 4.79 Å². The van der Waals surface area contributed by atoms with Gasteiger partial charge in [-0.25, -0.2) is 14.4 Å². The maximum absolute atomic E-state index is 14.0. The quantitative estimate of drug-likeness (QED) is 0.595. The van der Waals surface area contributed by atoms with Crippen LogP contribution in [0.4, 0.5) is 4.39 Å². The second-order valence-electron chi connectivity index (χ2n) is 8.83. The zero-order chi connectivity index (χ0) is 22.9. The number of carbonyl (C=O) groups is 1. The molecule has 2 aromatic heterocycles. The van der Waals surface area contributed by atoms with E-state index in [0.29, 0.717) is 28.7 Å². The Kier molecular flexibility index (Phi) is 5.85. The Hall–Kier alpha value is -3.26. The van der Waals surface area contributed by atoms with E-state index in [0.717, 1.165) is 56.3 Å². The molecule has 1 aliphatic heterocycles. The second-order valence-corrected chi connectivity index (χ2v) is 8.83. The number of aromatic nitrogens is 3. The van der Waals surface area contributed by atoms with Crippen molar-refractivity contribution in [2.24, 2.45) is 5.92 Å².